The first-order chi connectivity index (χ1) is 11.6. The molecule has 1 atom stereocenters. The van der Waals surface area contributed by atoms with E-state index in [2.05, 4.69) is 10.2 Å². The van der Waals surface area contributed by atoms with Gasteiger partial charge in [-0.25, -0.2) is 0 Å². The molecule has 4 nitrogen and oxygen atoms in total. The van der Waals surface area contributed by atoms with Gasteiger partial charge in [-0.05, 0) is 43.2 Å². The molecule has 4 heteroatoms. The van der Waals surface area contributed by atoms with Crippen LogP contribution in [0.1, 0.15) is 18.9 Å². The van der Waals surface area contributed by atoms with Crippen molar-refractivity contribution in [3.8, 4) is 11.5 Å². The van der Waals surface area contributed by atoms with Crippen molar-refractivity contribution >= 4 is 0 Å². The van der Waals surface area contributed by atoms with E-state index in [1.54, 1.807) is 0 Å². The maximum absolute atomic E-state index is 10.8. The number of benzene rings is 2. The van der Waals surface area contributed by atoms with E-state index in [1.165, 1.54) is 0 Å². The highest BCUT2D eigenvalue weighted by molar-refractivity contribution is 5.34. The number of aliphatic hydroxyl groups is 1. The zero-order valence-corrected chi connectivity index (χ0v) is 14.2. The molecule has 0 saturated carbocycles. The van der Waals surface area contributed by atoms with Gasteiger partial charge in [0.05, 0.1) is 5.60 Å². The smallest absolute Gasteiger partial charge is 0.127 e. The Morgan fingerprint density at radius 1 is 1.00 bits per heavy atom. The van der Waals surface area contributed by atoms with E-state index in [0.717, 1.165) is 56.2 Å². The number of ether oxygens (including phenoxy) is 1. The second-order valence-corrected chi connectivity index (χ2v) is 6.55. The number of hydrogen-bond donors (Lipinski definition) is 2. The van der Waals surface area contributed by atoms with Gasteiger partial charge in [0.25, 0.3) is 0 Å². The van der Waals surface area contributed by atoms with E-state index in [4.69, 9.17) is 4.74 Å². The normalized spacial score (nSPS) is 18.1. The number of piperazine rings is 1. The lowest BCUT2D eigenvalue weighted by Gasteiger charge is -2.31. The summed E-state index contributed by atoms with van der Waals surface area (Å²) >= 11 is 0. The molecule has 1 saturated heterocycles. The highest BCUT2D eigenvalue weighted by Crippen LogP contribution is 2.28. The molecule has 1 unspecified atom stereocenters. The third kappa shape index (κ3) is 4.57. The minimum Gasteiger partial charge on any atom is -0.457 e. The van der Waals surface area contributed by atoms with Crippen LogP contribution in [0.25, 0.3) is 0 Å². The fourth-order valence-electron chi connectivity index (χ4n) is 2.96. The lowest BCUT2D eigenvalue weighted by atomic mass is 9.92. The van der Waals surface area contributed by atoms with Gasteiger partial charge in [-0.3, -0.25) is 0 Å². The molecule has 1 aliphatic heterocycles. The molecule has 0 bridgehead atoms. The van der Waals surface area contributed by atoms with Crippen LogP contribution in [0.15, 0.2) is 54.6 Å². The van der Waals surface area contributed by atoms with Gasteiger partial charge >= 0.3 is 0 Å². The fraction of sp³-hybridized carbons (Fsp3) is 0.400. The third-order valence-electron chi connectivity index (χ3n) is 4.58. The van der Waals surface area contributed by atoms with E-state index in [0.29, 0.717) is 0 Å². The van der Waals surface area contributed by atoms with Gasteiger partial charge in [-0.15, -0.1) is 0 Å². The average Bonchev–Trinajstić information content (AvgIpc) is 2.62. The summed E-state index contributed by atoms with van der Waals surface area (Å²) in [7, 11) is 0. The van der Waals surface area contributed by atoms with Crippen molar-refractivity contribution in [1.29, 1.82) is 0 Å². The molecule has 128 valence electrons. The lowest BCUT2D eigenvalue weighted by molar-refractivity contribution is 0.0345. The molecular formula is C20H26N2O2. The second-order valence-electron chi connectivity index (χ2n) is 6.55. The summed E-state index contributed by atoms with van der Waals surface area (Å²) in [6, 6.07) is 17.5. The third-order valence-corrected chi connectivity index (χ3v) is 4.58. The Bertz CT molecular complexity index is 620. The zero-order chi connectivity index (χ0) is 16.8. The van der Waals surface area contributed by atoms with Crippen molar-refractivity contribution < 1.29 is 9.84 Å². The molecular weight excluding hydrogens is 300 g/mol. The zero-order valence-electron chi connectivity index (χ0n) is 14.2. The maximum atomic E-state index is 10.8. The first-order valence-electron chi connectivity index (χ1n) is 8.62. The minimum absolute atomic E-state index is 0.728. The monoisotopic (exact) mass is 326 g/mol. The van der Waals surface area contributed by atoms with Crippen LogP contribution in [-0.2, 0) is 5.60 Å². The van der Waals surface area contributed by atoms with Crippen LogP contribution in [0.4, 0.5) is 0 Å². The van der Waals surface area contributed by atoms with Crippen LogP contribution in [0.5, 0.6) is 11.5 Å². The summed E-state index contributed by atoms with van der Waals surface area (Å²) in [6.07, 6.45) is 0.728. The standard InChI is InChI=1S/C20H26N2O2/c1-20(23,11-14-22-15-12-21-13-16-22)17-7-9-19(10-8-17)24-18-5-3-2-4-6-18/h2-10,21,23H,11-16H2,1H3. The van der Waals surface area contributed by atoms with E-state index in [1.807, 2.05) is 61.5 Å². The first-order valence-corrected chi connectivity index (χ1v) is 8.62. The Hall–Kier alpha value is -1.88. The van der Waals surface area contributed by atoms with Gasteiger partial charge in [0.2, 0.25) is 0 Å². The Balaban J connectivity index is 1.58. The predicted octanol–water partition coefficient (Wildman–Crippen LogP) is 2.98. The highest BCUT2D eigenvalue weighted by Gasteiger charge is 2.24. The van der Waals surface area contributed by atoms with Gasteiger partial charge in [-0.1, -0.05) is 30.3 Å². The van der Waals surface area contributed by atoms with Crippen LogP contribution in [0.2, 0.25) is 0 Å². The Morgan fingerprint density at radius 3 is 2.29 bits per heavy atom. The van der Waals surface area contributed by atoms with Crippen LogP contribution in [-0.4, -0.2) is 42.7 Å². The van der Waals surface area contributed by atoms with Gasteiger partial charge in [0.1, 0.15) is 11.5 Å². The van der Waals surface area contributed by atoms with Gasteiger partial charge < -0.3 is 20.1 Å². The maximum Gasteiger partial charge on any atom is 0.127 e. The molecule has 0 aromatic heterocycles. The molecule has 1 fully saturated rings. The van der Waals surface area contributed by atoms with E-state index < -0.39 is 5.60 Å². The molecule has 0 amide bonds. The number of para-hydroxylation sites is 1. The topological polar surface area (TPSA) is 44.7 Å². The van der Waals surface area contributed by atoms with E-state index in [-0.39, 0.29) is 0 Å². The number of nitrogens with zero attached hydrogens (tertiary/aromatic N) is 1. The highest BCUT2D eigenvalue weighted by atomic mass is 16.5. The van der Waals surface area contributed by atoms with Crippen molar-refractivity contribution in [2.75, 3.05) is 32.7 Å². The summed E-state index contributed by atoms with van der Waals surface area (Å²) in [4.78, 5) is 2.40. The van der Waals surface area contributed by atoms with E-state index in [9.17, 15) is 5.11 Å². The van der Waals surface area contributed by atoms with Crippen LogP contribution in [0.3, 0.4) is 0 Å². The average molecular weight is 326 g/mol. The van der Waals surface area contributed by atoms with Crippen LogP contribution < -0.4 is 10.1 Å². The number of nitrogens with one attached hydrogen (secondary N) is 1. The van der Waals surface area contributed by atoms with Crippen molar-refractivity contribution in [3.63, 3.8) is 0 Å². The van der Waals surface area contributed by atoms with Crippen molar-refractivity contribution in [2.24, 2.45) is 0 Å². The Kier molecular flexibility index (Phi) is 5.51. The lowest BCUT2D eigenvalue weighted by Crippen LogP contribution is -2.45. The molecule has 2 aromatic rings. The van der Waals surface area contributed by atoms with Crippen molar-refractivity contribution in [2.45, 2.75) is 18.9 Å². The Morgan fingerprint density at radius 2 is 1.62 bits per heavy atom. The first kappa shape index (κ1) is 17.0. The molecule has 24 heavy (non-hydrogen) atoms. The molecule has 1 aliphatic rings. The SMILES string of the molecule is CC(O)(CCN1CCNCC1)c1ccc(Oc2ccccc2)cc1. The van der Waals surface area contributed by atoms with E-state index >= 15 is 0 Å². The van der Waals surface area contributed by atoms with Crippen LogP contribution in [0, 0.1) is 0 Å². The minimum atomic E-state index is -0.823. The molecule has 0 radical (unpaired) electrons. The molecule has 0 aliphatic carbocycles. The van der Waals surface area contributed by atoms with Gasteiger partial charge in [-0.2, -0.15) is 0 Å². The summed E-state index contributed by atoms with van der Waals surface area (Å²) in [5, 5.41) is 14.2. The summed E-state index contributed by atoms with van der Waals surface area (Å²) < 4.78 is 5.80. The van der Waals surface area contributed by atoms with Crippen molar-refractivity contribution in [1.82, 2.24) is 10.2 Å². The predicted molar refractivity (Wildman–Crippen MR) is 96.5 cm³/mol. The molecule has 2 N–H and O–H groups in total. The molecule has 0 spiro atoms. The number of hydrogen-bond acceptors (Lipinski definition) is 4. The molecule has 2 aromatic carbocycles. The second kappa shape index (κ2) is 7.79. The van der Waals surface area contributed by atoms with Crippen molar-refractivity contribution in [3.05, 3.63) is 60.2 Å². The summed E-state index contributed by atoms with van der Waals surface area (Å²) in [5.41, 5.74) is 0.105. The summed E-state index contributed by atoms with van der Waals surface area (Å²) in [5.74, 6) is 1.60. The quantitative estimate of drug-likeness (QED) is 0.857. The largest absolute Gasteiger partial charge is 0.457 e. The Labute approximate surface area is 144 Å². The molecule has 3 rings (SSSR count). The fourth-order valence-corrected chi connectivity index (χ4v) is 2.96. The van der Waals surface area contributed by atoms with Gasteiger partial charge in [0.15, 0.2) is 0 Å². The molecule has 1 heterocycles. The number of rotatable bonds is 6. The summed E-state index contributed by atoms with van der Waals surface area (Å²) in [6.45, 7) is 6.99. The van der Waals surface area contributed by atoms with Crippen LogP contribution >= 0.6 is 0 Å². The van der Waals surface area contributed by atoms with Gasteiger partial charge in [0, 0.05) is 32.7 Å².